The summed E-state index contributed by atoms with van der Waals surface area (Å²) < 4.78 is 0. The average molecular weight is 192 g/mol. The number of amides is 1. The molecule has 0 aromatic heterocycles. The lowest BCUT2D eigenvalue weighted by molar-refractivity contribution is -0.127. The maximum Gasteiger partial charge on any atom is 0.224 e. The summed E-state index contributed by atoms with van der Waals surface area (Å²) in [7, 11) is 0. The normalized spacial score (nSPS) is 27.5. The highest BCUT2D eigenvalue weighted by Gasteiger charge is 2.30. The molecule has 76 valence electrons. The van der Waals surface area contributed by atoms with E-state index in [0.717, 1.165) is 18.9 Å². The molecule has 0 bridgehead atoms. The third-order valence-corrected chi connectivity index (χ3v) is 3.43. The fourth-order valence-electron chi connectivity index (χ4n) is 2.19. The molecule has 0 aromatic rings. The van der Waals surface area contributed by atoms with E-state index < -0.39 is 0 Å². The van der Waals surface area contributed by atoms with Gasteiger partial charge in [0.15, 0.2) is 0 Å². The molecule has 0 aromatic carbocycles. The van der Waals surface area contributed by atoms with Crippen LogP contribution in [0.15, 0.2) is 0 Å². The lowest BCUT2D eigenvalue weighted by Crippen LogP contribution is -2.28. The Hall–Kier alpha value is -1.04. The minimum Gasteiger partial charge on any atom is -0.341 e. The first-order valence-corrected chi connectivity index (χ1v) is 5.47. The number of likely N-dealkylation sites (tertiary alicyclic amines) is 1. The fraction of sp³-hybridized carbons (Fsp3) is 0.818. The summed E-state index contributed by atoms with van der Waals surface area (Å²) in [5.74, 6) is 0.976. The molecule has 1 unspecified atom stereocenters. The Morgan fingerprint density at radius 3 is 2.79 bits per heavy atom. The van der Waals surface area contributed by atoms with Gasteiger partial charge in [-0.3, -0.25) is 4.79 Å². The summed E-state index contributed by atoms with van der Waals surface area (Å²) in [5.41, 5.74) is 0. The smallest absolute Gasteiger partial charge is 0.224 e. The quantitative estimate of drug-likeness (QED) is 0.681. The minimum atomic E-state index is -0.0520. The molecule has 3 heteroatoms. The van der Waals surface area contributed by atoms with Gasteiger partial charge in [0.05, 0.1) is 12.0 Å². The van der Waals surface area contributed by atoms with Crippen molar-refractivity contribution in [2.45, 2.75) is 32.1 Å². The van der Waals surface area contributed by atoms with Gasteiger partial charge in [0.2, 0.25) is 5.91 Å². The van der Waals surface area contributed by atoms with Crippen LogP contribution >= 0.6 is 0 Å². The van der Waals surface area contributed by atoms with Crippen molar-refractivity contribution in [3.8, 4) is 6.07 Å². The molecule has 1 heterocycles. The SMILES string of the molecule is N#CC1CC(=O)N(CCC2CCC2)C1. The standard InChI is InChI=1S/C11H16N2O/c12-7-10-6-11(14)13(8-10)5-4-9-2-1-3-9/h9-10H,1-6,8H2. The van der Waals surface area contributed by atoms with Crippen molar-refractivity contribution in [1.82, 2.24) is 4.90 Å². The van der Waals surface area contributed by atoms with Gasteiger partial charge in [-0.25, -0.2) is 0 Å². The van der Waals surface area contributed by atoms with Crippen molar-refractivity contribution in [2.24, 2.45) is 11.8 Å². The van der Waals surface area contributed by atoms with Gasteiger partial charge >= 0.3 is 0 Å². The minimum absolute atomic E-state index is 0.0520. The first kappa shape index (κ1) is 9.51. The van der Waals surface area contributed by atoms with E-state index in [0.29, 0.717) is 13.0 Å². The number of nitrogens with zero attached hydrogens (tertiary/aromatic N) is 2. The van der Waals surface area contributed by atoms with Gasteiger partial charge in [-0.05, 0) is 12.3 Å². The summed E-state index contributed by atoms with van der Waals surface area (Å²) in [6.45, 7) is 1.55. The molecular weight excluding hydrogens is 176 g/mol. The van der Waals surface area contributed by atoms with Crippen molar-refractivity contribution in [1.29, 1.82) is 5.26 Å². The van der Waals surface area contributed by atoms with Crippen LogP contribution in [0, 0.1) is 23.2 Å². The van der Waals surface area contributed by atoms with Crippen LogP contribution in [0.3, 0.4) is 0 Å². The fourth-order valence-corrected chi connectivity index (χ4v) is 2.19. The number of carbonyl (C=O) groups excluding carboxylic acids is 1. The number of nitriles is 1. The molecule has 0 spiro atoms. The predicted molar refractivity (Wildman–Crippen MR) is 52.3 cm³/mol. The molecule has 14 heavy (non-hydrogen) atoms. The number of rotatable bonds is 3. The van der Waals surface area contributed by atoms with Crippen LogP contribution in [-0.2, 0) is 4.79 Å². The molecule has 2 rings (SSSR count). The second-order valence-electron chi connectivity index (χ2n) is 4.46. The molecule has 3 nitrogen and oxygen atoms in total. The Morgan fingerprint density at radius 2 is 2.29 bits per heavy atom. The summed E-state index contributed by atoms with van der Waals surface area (Å²) in [6.07, 6.45) is 5.62. The highest BCUT2D eigenvalue weighted by molar-refractivity contribution is 5.79. The maximum absolute atomic E-state index is 11.4. The van der Waals surface area contributed by atoms with E-state index in [1.807, 2.05) is 4.90 Å². The zero-order valence-corrected chi connectivity index (χ0v) is 8.41. The second-order valence-corrected chi connectivity index (χ2v) is 4.46. The van der Waals surface area contributed by atoms with Gasteiger partial charge in [-0.1, -0.05) is 19.3 Å². The Balaban J connectivity index is 1.75. The highest BCUT2D eigenvalue weighted by atomic mass is 16.2. The van der Waals surface area contributed by atoms with E-state index in [4.69, 9.17) is 5.26 Å². The van der Waals surface area contributed by atoms with Crippen LogP contribution in [0.2, 0.25) is 0 Å². The van der Waals surface area contributed by atoms with Gasteiger partial charge in [0.25, 0.3) is 0 Å². The van der Waals surface area contributed by atoms with Crippen molar-refractivity contribution in [2.75, 3.05) is 13.1 Å². The number of carbonyl (C=O) groups is 1. The van der Waals surface area contributed by atoms with Gasteiger partial charge in [0, 0.05) is 19.5 Å². The molecule has 0 N–H and O–H groups in total. The first-order valence-electron chi connectivity index (χ1n) is 5.47. The van der Waals surface area contributed by atoms with Gasteiger partial charge in [-0.15, -0.1) is 0 Å². The van der Waals surface area contributed by atoms with Gasteiger partial charge < -0.3 is 4.90 Å². The summed E-state index contributed by atoms with van der Waals surface area (Å²) in [6, 6.07) is 2.18. The van der Waals surface area contributed by atoms with E-state index in [2.05, 4.69) is 6.07 Å². The third kappa shape index (κ3) is 1.89. The van der Waals surface area contributed by atoms with Crippen LogP contribution in [0.4, 0.5) is 0 Å². The van der Waals surface area contributed by atoms with E-state index in [1.54, 1.807) is 0 Å². The average Bonchev–Trinajstić information content (AvgIpc) is 2.45. The van der Waals surface area contributed by atoms with Crippen LogP contribution in [0.1, 0.15) is 32.1 Å². The highest BCUT2D eigenvalue weighted by Crippen LogP contribution is 2.30. The van der Waals surface area contributed by atoms with Gasteiger partial charge in [-0.2, -0.15) is 5.26 Å². The molecule has 1 aliphatic heterocycles. The van der Waals surface area contributed by atoms with Crippen molar-refractivity contribution in [3.63, 3.8) is 0 Å². The molecule has 1 amide bonds. The van der Waals surface area contributed by atoms with Crippen LogP contribution in [0.5, 0.6) is 0 Å². The summed E-state index contributed by atoms with van der Waals surface area (Å²) in [5, 5.41) is 8.71. The first-order chi connectivity index (χ1) is 6.79. The van der Waals surface area contributed by atoms with E-state index in [1.165, 1.54) is 19.3 Å². The van der Waals surface area contributed by atoms with Crippen molar-refractivity contribution in [3.05, 3.63) is 0 Å². The van der Waals surface area contributed by atoms with Crippen molar-refractivity contribution >= 4 is 5.91 Å². The largest absolute Gasteiger partial charge is 0.341 e. The molecule has 1 aliphatic carbocycles. The zero-order chi connectivity index (χ0) is 9.97. The molecular formula is C11H16N2O. The lowest BCUT2D eigenvalue weighted by atomic mass is 9.83. The molecule has 1 atom stereocenters. The Bertz CT molecular complexity index is 265. The zero-order valence-electron chi connectivity index (χ0n) is 8.41. The van der Waals surface area contributed by atoms with Crippen LogP contribution in [0.25, 0.3) is 0 Å². The van der Waals surface area contributed by atoms with E-state index >= 15 is 0 Å². The Morgan fingerprint density at radius 1 is 1.50 bits per heavy atom. The van der Waals surface area contributed by atoms with Crippen LogP contribution in [-0.4, -0.2) is 23.9 Å². The summed E-state index contributed by atoms with van der Waals surface area (Å²) in [4.78, 5) is 13.3. The van der Waals surface area contributed by atoms with Crippen molar-refractivity contribution < 1.29 is 4.79 Å². The molecule has 1 saturated carbocycles. The summed E-state index contributed by atoms with van der Waals surface area (Å²) >= 11 is 0. The van der Waals surface area contributed by atoms with Crippen LogP contribution < -0.4 is 0 Å². The lowest BCUT2D eigenvalue weighted by Gasteiger charge is -2.27. The number of hydrogen-bond acceptors (Lipinski definition) is 2. The third-order valence-electron chi connectivity index (χ3n) is 3.43. The van der Waals surface area contributed by atoms with Gasteiger partial charge in [0.1, 0.15) is 0 Å². The molecule has 2 aliphatic rings. The van der Waals surface area contributed by atoms with E-state index in [9.17, 15) is 4.79 Å². The number of hydrogen-bond donors (Lipinski definition) is 0. The topological polar surface area (TPSA) is 44.1 Å². The molecule has 1 saturated heterocycles. The Labute approximate surface area is 84.7 Å². The van der Waals surface area contributed by atoms with E-state index in [-0.39, 0.29) is 11.8 Å². The predicted octanol–water partition coefficient (Wildman–Crippen LogP) is 1.55. The molecule has 2 fully saturated rings. The Kier molecular flexibility index (Phi) is 2.72. The molecule has 0 radical (unpaired) electrons. The second kappa shape index (κ2) is 4.00. The maximum atomic E-state index is 11.4. The monoisotopic (exact) mass is 192 g/mol.